The monoisotopic (exact) mass is 886 g/mol. The van der Waals surface area contributed by atoms with Gasteiger partial charge in [0.05, 0.1) is 17.9 Å². The Hall–Kier alpha value is 0.0900. The number of hydrogen-bond acceptors (Lipinski definition) is 6. The average molecular weight is 891 g/mol. The number of rotatable bonds is 12. The van der Waals surface area contributed by atoms with E-state index in [0.29, 0.717) is 36.7 Å². The van der Waals surface area contributed by atoms with Crippen LogP contribution in [0, 0.1) is 0 Å². The zero-order chi connectivity index (χ0) is 31.3. The number of benzene rings is 2. The first-order chi connectivity index (χ1) is 20.4. The first-order valence-electron chi connectivity index (χ1n) is 15.5. The molecule has 2 fully saturated rings. The Labute approximate surface area is 303 Å². The van der Waals surface area contributed by atoms with Crippen LogP contribution < -0.4 is 9.47 Å². The molecule has 0 aliphatic carbocycles. The molecule has 2 aliphatic rings. The van der Waals surface area contributed by atoms with E-state index in [0.717, 1.165) is 42.1 Å². The van der Waals surface area contributed by atoms with Gasteiger partial charge in [-0.15, -0.1) is 12.4 Å². The Morgan fingerprint density at radius 2 is 1.05 bits per heavy atom. The molecular formula is C33H47Br4ClN2O4. The van der Waals surface area contributed by atoms with Crippen molar-refractivity contribution in [2.45, 2.75) is 95.9 Å². The molecule has 4 unspecified atom stereocenters. The van der Waals surface area contributed by atoms with Gasteiger partial charge in [0.1, 0.15) is 36.9 Å². The minimum absolute atomic E-state index is 0. The Balaban J connectivity index is 0.00000529. The summed E-state index contributed by atoms with van der Waals surface area (Å²) in [6.07, 6.45) is 6.18. The smallest absolute Gasteiger partial charge is 0.147 e. The van der Waals surface area contributed by atoms with Crippen molar-refractivity contribution in [2.75, 3.05) is 39.4 Å². The van der Waals surface area contributed by atoms with Gasteiger partial charge in [0.25, 0.3) is 0 Å². The van der Waals surface area contributed by atoms with Gasteiger partial charge in [-0.05, 0) is 152 Å². The lowest BCUT2D eigenvalue weighted by Crippen LogP contribution is -2.43. The summed E-state index contributed by atoms with van der Waals surface area (Å²) < 4.78 is 15.5. The van der Waals surface area contributed by atoms with Crippen LogP contribution in [0.4, 0.5) is 0 Å². The molecule has 4 atom stereocenters. The molecule has 0 radical (unpaired) electrons. The molecule has 0 amide bonds. The van der Waals surface area contributed by atoms with Crippen LogP contribution in [-0.4, -0.2) is 83.7 Å². The van der Waals surface area contributed by atoms with E-state index in [1.54, 1.807) is 0 Å². The lowest BCUT2D eigenvalue weighted by molar-refractivity contribution is 0.0434. The molecule has 44 heavy (non-hydrogen) atoms. The van der Waals surface area contributed by atoms with Gasteiger partial charge in [0.15, 0.2) is 0 Å². The summed E-state index contributed by atoms with van der Waals surface area (Å²) in [7, 11) is 0. The molecule has 11 heteroatoms. The van der Waals surface area contributed by atoms with Gasteiger partial charge in [-0.25, -0.2) is 0 Å². The summed E-state index contributed by atoms with van der Waals surface area (Å²) >= 11 is 14.9. The van der Waals surface area contributed by atoms with Crippen LogP contribution in [-0.2, 0) is 5.41 Å². The van der Waals surface area contributed by atoms with E-state index in [2.05, 4.69) is 125 Å². The number of likely N-dealkylation sites (tertiary alicyclic amines) is 2. The highest BCUT2D eigenvalue weighted by Crippen LogP contribution is 2.44. The Bertz CT molecular complexity index is 1100. The number of aliphatic hydroxyl groups is 2. The molecule has 248 valence electrons. The van der Waals surface area contributed by atoms with Crippen molar-refractivity contribution in [1.29, 1.82) is 0 Å². The van der Waals surface area contributed by atoms with Crippen molar-refractivity contribution in [2.24, 2.45) is 0 Å². The molecule has 4 rings (SSSR count). The highest BCUT2D eigenvalue weighted by Gasteiger charge is 2.28. The maximum Gasteiger partial charge on any atom is 0.147 e. The maximum atomic E-state index is 10.7. The third kappa shape index (κ3) is 10.0. The van der Waals surface area contributed by atoms with Crippen molar-refractivity contribution in [3.05, 3.63) is 53.3 Å². The first-order valence-corrected chi connectivity index (χ1v) is 18.6. The maximum absolute atomic E-state index is 10.7. The molecule has 0 saturated carbocycles. The van der Waals surface area contributed by atoms with Gasteiger partial charge in [-0.2, -0.15) is 0 Å². The van der Waals surface area contributed by atoms with Crippen LogP contribution in [0.2, 0.25) is 0 Å². The summed E-state index contributed by atoms with van der Waals surface area (Å²) in [5.74, 6) is 1.38. The van der Waals surface area contributed by atoms with Crippen molar-refractivity contribution < 1.29 is 19.7 Å². The Morgan fingerprint density at radius 3 is 1.36 bits per heavy atom. The second-order valence-electron chi connectivity index (χ2n) is 12.8. The topological polar surface area (TPSA) is 65.4 Å². The van der Waals surface area contributed by atoms with E-state index >= 15 is 0 Å². The van der Waals surface area contributed by atoms with Crippen LogP contribution in [0.25, 0.3) is 0 Å². The molecule has 2 aliphatic heterocycles. The molecule has 2 aromatic carbocycles. The Morgan fingerprint density at radius 1 is 0.705 bits per heavy atom. The fourth-order valence-corrected chi connectivity index (χ4v) is 8.98. The molecule has 2 N–H and O–H groups in total. The summed E-state index contributed by atoms with van der Waals surface area (Å²) in [5.41, 5.74) is 1.85. The van der Waals surface area contributed by atoms with Crippen LogP contribution in [0.3, 0.4) is 0 Å². The highest BCUT2D eigenvalue weighted by molar-refractivity contribution is 9.11. The highest BCUT2D eigenvalue weighted by atomic mass is 79.9. The average Bonchev–Trinajstić information content (AvgIpc) is 2.94. The number of aliphatic hydroxyl groups excluding tert-OH is 2. The molecule has 0 bridgehead atoms. The lowest BCUT2D eigenvalue weighted by Gasteiger charge is -2.34. The van der Waals surface area contributed by atoms with Gasteiger partial charge in [0, 0.05) is 30.6 Å². The molecule has 0 spiro atoms. The molecular weight excluding hydrogens is 843 g/mol. The largest absolute Gasteiger partial charge is 0.488 e. The van der Waals surface area contributed by atoms with E-state index in [1.165, 1.54) is 38.5 Å². The van der Waals surface area contributed by atoms with Crippen LogP contribution in [0.1, 0.15) is 77.3 Å². The summed E-state index contributed by atoms with van der Waals surface area (Å²) in [6.45, 7) is 12.6. The molecule has 2 saturated heterocycles. The quantitative estimate of drug-likeness (QED) is 0.223. The number of ether oxygens (including phenoxy) is 2. The molecule has 6 nitrogen and oxygen atoms in total. The zero-order valence-corrected chi connectivity index (χ0v) is 33.3. The SMILES string of the molecule is CC1CCCCN1CC(O)COc1c(Br)cc(C(C)(C)c2cc(Br)c(OCC(O)CN3CCCCC3C)c(Br)c2)cc1Br.Cl. The summed E-state index contributed by atoms with van der Waals surface area (Å²) in [5, 5.41) is 21.4. The van der Waals surface area contributed by atoms with Crippen molar-refractivity contribution in [3.63, 3.8) is 0 Å². The predicted molar refractivity (Wildman–Crippen MR) is 196 cm³/mol. The second-order valence-corrected chi connectivity index (χ2v) is 16.2. The van der Waals surface area contributed by atoms with E-state index in [-0.39, 0.29) is 31.0 Å². The van der Waals surface area contributed by atoms with Crippen molar-refractivity contribution in [1.82, 2.24) is 9.80 Å². The fourth-order valence-electron chi connectivity index (χ4n) is 6.15. The van der Waals surface area contributed by atoms with Crippen LogP contribution in [0.15, 0.2) is 42.2 Å². The molecule has 0 aromatic heterocycles. The van der Waals surface area contributed by atoms with Gasteiger partial charge >= 0.3 is 0 Å². The van der Waals surface area contributed by atoms with Crippen LogP contribution >= 0.6 is 76.1 Å². The summed E-state index contributed by atoms with van der Waals surface area (Å²) in [4.78, 5) is 4.72. The number of hydrogen-bond donors (Lipinski definition) is 2. The van der Waals surface area contributed by atoms with Crippen molar-refractivity contribution in [3.8, 4) is 11.5 Å². The summed E-state index contributed by atoms with van der Waals surface area (Å²) in [6, 6.07) is 9.35. The molecule has 2 heterocycles. The molecule has 2 aromatic rings. The number of piperidine rings is 2. The van der Waals surface area contributed by atoms with Gasteiger partial charge in [-0.3, -0.25) is 9.80 Å². The van der Waals surface area contributed by atoms with Crippen LogP contribution in [0.5, 0.6) is 11.5 Å². The minimum atomic E-state index is -0.555. The van der Waals surface area contributed by atoms with Crippen molar-refractivity contribution >= 4 is 76.1 Å². The second kappa shape index (κ2) is 17.5. The number of nitrogens with zero attached hydrogens (tertiary/aromatic N) is 2. The van der Waals surface area contributed by atoms with E-state index in [4.69, 9.17) is 9.47 Å². The predicted octanol–water partition coefficient (Wildman–Crippen LogP) is 8.71. The van der Waals surface area contributed by atoms with E-state index in [9.17, 15) is 10.2 Å². The Kier molecular flexibility index (Phi) is 15.3. The lowest BCUT2D eigenvalue weighted by atomic mass is 9.78. The third-order valence-electron chi connectivity index (χ3n) is 9.05. The number of halogens is 5. The fraction of sp³-hybridized carbons (Fsp3) is 0.636. The number of β-amino-alcohol motifs (C(OH)–C–C–N with tert-alkyl or cyclic N) is 2. The minimum Gasteiger partial charge on any atom is -0.488 e. The van der Waals surface area contributed by atoms with E-state index < -0.39 is 12.2 Å². The van der Waals surface area contributed by atoms with Gasteiger partial charge < -0.3 is 19.7 Å². The van der Waals surface area contributed by atoms with Gasteiger partial charge in [0.2, 0.25) is 0 Å². The van der Waals surface area contributed by atoms with E-state index in [1.807, 2.05) is 0 Å². The third-order valence-corrected chi connectivity index (χ3v) is 11.4. The first kappa shape index (κ1) is 38.5. The zero-order valence-electron chi connectivity index (χ0n) is 26.1. The normalized spacial score (nSPS) is 21.4. The van der Waals surface area contributed by atoms with Gasteiger partial charge in [-0.1, -0.05) is 26.7 Å². The standard InChI is InChI=1S/C33H46Br4N2O4.ClH/c1-21-9-5-7-11-38(21)17-25(40)19-42-31-27(34)13-23(14-28(31)35)33(3,4)24-15-29(36)32(30(37)16-24)43-20-26(41)18-39-12-8-6-10-22(39)2;/h13-16,21-22,25-26,40-41H,5-12,17-20H2,1-4H3;1H.